The molecule has 208 valence electrons. The molecule has 0 aromatic carbocycles. The van der Waals surface area contributed by atoms with Gasteiger partial charge in [0.05, 0.1) is 6.10 Å². The van der Waals surface area contributed by atoms with E-state index < -0.39 is 26.1 Å². The van der Waals surface area contributed by atoms with Gasteiger partial charge in [-0.2, -0.15) is 11.8 Å². The van der Waals surface area contributed by atoms with Gasteiger partial charge in [0, 0.05) is 11.9 Å². The van der Waals surface area contributed by atoms with E-state index in [0.29, 0.717) is 6.42 Å². The Bertz CT molecular complexity index is 524. The zero-order valence-electron chi connectivity index (χ0n) is 22.9. The summed E-state index contributed by atoms with van der Waals surface area (Å²) in [5.74, 6) is -0.548. The summed E-state index contributed by atoms with van der Waals surface area (Å²) in [6, 6.07) is 0. The van der Waals surface area contributed by atoms with Crippen LogP contribution in [0.3, 0.4) is 0 Å². The van der Waals surface area contributed by atoms with Gasteiger partial charge in [-0.25, -0.2) is 4.79 Å². The number of ether oxygens (including phenoxy) is 2. The Morgan fingerprint density at radius 1 is 0.857 bits per heavy atom. The highest BCUT2D eigenvalue weighted by Gasteiger charge is 2.56. The molecule has 0 bridgehead atoms. The van der Waals surface area contributed by atoms with Crippen molar-refractivity contribution >= 4 is 26.2 Å². The molecule has 0 heterocycles. The van der Waals surface area contributed by atoms with Crippen LogP contribution in [0.1, 0.15) is 130 Å². The van der Waals surface area contributed by atoms with Gasteiger partial charge in [0.15, 0.2) is 0 Å². The highest BCUT2D eigenvalue weighted by molar-refractivity contribution is 7.99. The lowest BCUT2D eigenvalue weighted by atomic mass is 10.1. The number of thioether (sulfide) groups is 1. The minimum atomic E-state index is -2.56. The van der Waals surface area contributed by atoms with Crippen molar-refractivity contribution in [1.82, 2.24) is 0 Å². The van der Waals surface area contributed by atoms with Gasteiger partial charge in [-0.05, 0) is 31.9 Å². The molecule has 8 heteroatoms. The Labute approximate surface area is 220 Å². The third-order valence-electron chi connectivity index (χ3n) is 6.33. The van der Waals surface area contributed by atoms with Gasteiger partial charge in [0.2, 0.25) is 6.29 Å². The van der Waals surface area contributed by atoms with Crippen molar-refractivity contribution in [3.05, 3.63) is 0 Å². The van der Waals surface area contributed by atoms with E-state index in [9.17, 15) is 19.6 Å². The van der Waals surface area contributed by atoms with Gasteiger partial charge >= 0.3 is 19.8 Å². The van der Waals surface area contributed by atoms with E-state index in [1.165, 1.54) is 77.0 Å². The average molecular weight is 538 g/mol. The highest BCUT2D eigenvalue weighted by Crippen LogP contribution is 2.32. The monoisotopic (exact) mass is 537 g/mol. The molecular weight excluding hydrogens is 483 g/mol. The van der Waals surface area contributed by atoms with E-state index in [1.54, 1.807) is 0 Å². The average Bonchev–Trinajstić information content (AvgIpc) is 2.85. The van der Waals surface area contributed by atoms with Gasteiger partial charge in [-0.15, -0.1) is 0 Å². The molecule has 0 spiro atoms. The largest absolute Gasteiger partial charge is 0.476 e. The van der Waals surface area contributed by atoms with Crippen molar-refractivity contribution in [1.29, 1.82) is 0 Å². The predicted molar refractivity (Wildman–Crippen MR) is 149 cm³/mol. The van der Waals surface area contributed by atoms with Crippen molar-refractivity contribution in [2.24, 2.45) is 0 Å². The molecule has 0 rings (SSSR count). The number of carbonyl (C=O) groups is 1. The number of hydrogen-bond acceptors (Lipinski definition) is 6. The number of aliphatic carboxylic acids is 1. The fraction of sp³-hybridized carbons (Fsp3) is 0.963. The molecule has 0 aromatic heterocycles. The zero-order valence-corrected chi connectivity index (χ0v) is 24.7. The minimum Gasteiger partial charge on any atom is -0.476 e. The first kappa shape index (κ1) is 34.8. The van der Waals surface area contributed by atoms with Crippen LogP contribution in [0, 0.1) is 0 Å². The van der Waals surface area contributed by atoms with Crippen LogP contribution in [-0.2, 0) is 18.8 Å². The lowest BCUT2D eigenvalue weighted by Crippen LogP contribution is -2.50. The second-order valence-electron chi connectivity index (χ2n) is 9.66. The molecule has 0 saturated carbocycles. The number of rotatable bonds is 26. The maximum absolute atomic E-state index is 11.6. The smallest absolute Gasteiger partial charge is 0.407 e. The summed E-state index contributed by atoms with van der Waals surface area (Å²) in [5.41, 5.74) is 0. The summed E-state index contributed by atoms with van der Waals surface area (Å²) in [5, 5.41) is 17.6. The highest BCUT2D eigenvalue weighted by atomic mass is 32.2. The zero-order chi connectivity index (χ0) is 26.4. The first-order chi connectivity index (χ1) is 16.9. The summed E-state index contributed by atoms with van der Waals surface area (Å²) in [6.07, 6.45) is 17.4. The molecule has 2 N–H and O–H groups in total. The van der Waals surface area contributed by atoms with Crippen molar-refractivity contribution in [3.8, 4) is 0 Å². The number of carboxylic acid groups (broad SMARTS) is 1. The van der Waals surface area contributed by atoms with Crippen LogP contribution >= 0.6 is 20.2 Å². The van der Waals surface area contributed by atoms with E-state index >= 15 is 0 Å². The van der Waals surface area contributed by atoms with Crippen LogP contribution in [0.5, 0.6) is 0 Å². The molecule has 5 unspecified atom stereocenters. The topological polar surface area (TPSA) is 93.1 Å². The third kappa shape index (κ3) is 16.3. The van der Waals surface area contributed by atoms with Crippen LogP contribution < -0.4 is 0 Å². The fourth-order valence-electron chi connectivity index (χ4n) is 4.01. The van der Waals surface area contributed by atoms with Crippen LogP contribution in [0.15, 0.2) is 0 Å². The first-order valence-electron chi connectivity index (χ1n) is 14.1. The molecule has 0 aliphatic rings. The molecule has 6 nitrogen and oxygen atoms in total. The summed E-state index contributed by atoms with van der Waals surface area (Å²) >= 11 is 1.88. The summed E-state index contributed by atoms with van der Waals surface area (Å²) < 4.78 is 23.1. The summed E-state index contributed by atoms with van der Waals surface area (Å²) in [6.45, 7) is 8.48. The molecule has 0 amide bonds. The van der Waals surface area contributed by atoms with Gasteiger partial charge in [0.25, 0.3) is 0 Å². The quantitative estimate of drug-likeness (QED) is 0.0657. The van der Waals surface area contributed by atoms with E-state index in [4.69, 9.17) is 9.47 Å². The Hall–Kier alpha value is -0.200. The Morgan fingerprint density at radius 2 is 1.37 bits per heavy atom. The van der Waals surface area contributed by atoms with Crippen molar-refractivity contribution in [2.45, 2.75) is 153 Å². The number of carboxylic acids is 1. The van der Waals surface area contributed by atoms with Gasteiger partial charge in [-0.1, -0.05) is 109 Å². The maximum atomic E-state index is 11.6. The lowest BCUT2D eigenvalue weighted by molar-refractivity contribution is -0.230. The number of hydrogen-bond donors (Lipinski definition) is 2. The molecule has 0 fully saturated rings. The summed E-state index contributed by atoms with van der Waals surface area (Å²) in [4.78, 5) is 11.6. The molecule has 0 aromatic rings. The van der Waals surface area contributed by atoms with Gasteiger partial charge < -0.3 is 19.7 Å². The second kappa shape index (κ2) is 23.0. The van der Waals surface area contributed by atoms with Gasteiger partial charge in [0.1, 0.15) is 0 Å². The van der Waals surface area contributed by atoms with Crippen LogP contribution in [-0.4, -0.2) is 51.5 Å². The predicted octanol–water partition coefficient (Wildman–Crippen LogP) is 7.93. The van der Waals surface area contributed by atoms with Gasteiger partial charge in [-0.3, -0.25) is 0 Å². The van der Waals surface area contributed by atoms with Crippen molar-refractivity contribution in [3.63, 3.8) is 0 Å². The normalized spacial score (nSPS) is 16.1. The van der Waals surface area contributed by atoms with Crippen LogP contribution in [0.2, 0.25) is 0 Å². The Kier molecular flexibility index (Phi) is 22.8. The van der Waals surface area contributed by atoms with Crippen molar-refractivity contribution in [2.75, 3.05) is 12.4 Å². The standard InChI is InChI=1S/C27H53O6PS/c1-5-8-10-12-13-14-15-17-19-22-35-24(20-18-16-11-9-6-2)23(4)33-26(32-21-7-3)27(30,34-31)25(28)29/h23-24,26,30H,5-22H2,1-4H3,(H,28,29)/p+1. The number of unbranched alkanes of at least 4 members (excludes halogenated alkanes) is 12. The number of aliphatic hydroxyl groups is 1. The van der Waals surface area contributed by atoms with E-state index in [1.807, 2.05) is 25.6 Å². The van der Waals surface area contributed by atoms with E-state index in [2.05, 4.69) is 13.8 Å². The maximum Gasteiger partial charge on any atom is 0.407 e. The molecular formula is C27H54O6PS+. The molecule has 0 radical (unpaired) electrons. The Morgan fingerprint density at radius 3 is 1.86 bits per heavy atom. The summed E-state index contributed by atoms with van der Waals surface area (Å²) in [7, 11) is -1.48. The lowest BCUT2D eigenvalue weighted by Gasteiger charge is -2.30. The minimum absolute atomic E-state index is 0.173. The fourth-order valence-corrected chi connectivity index (χ4v) is 5.69. The Balaban J connectivity index is 4.81. The molecule has 0 aliphatic carbocycles. The van der Waals surface area contributed by atoms with Crippen LogP contribution in [0.25, 0.3) is 0 Å². The molecule has 5 atom stereocenters. The van der Waals surface area contributed by atoms with E-state index in [-0.39, 0.29) is 18.0 Å². The molecule has 0 aliphatic heterocycles. The first-order valence-corrected chi connectivity index (χ1v) is 16.1. The SMILES string of the molecule is CCCCCCCCCCCSC(CCCCCCC)C(C)OC(OCCC)C(O)([PH+]=O)C(=O)O. The van der Waals surface area contributed by atoms with Crippen molar-refractivity contribution < 1.29 is 29.0 Å². The molecule has 35 heavy (non-hydrogen) atoms. The van der Waals surface area contributed by atoms with Crippen LogP contribution in [0.4, 0.5) is 0 Å². The second-order valence-corrected chi connectivity index (χ2v) is 12.0. The molecule has 0 saturated heterocycles. The third-order valence-corrected chi connectivity index (χ3v) is 8.66. The van der Waals surface area contributed by atoms with E-state index in [0.717, 1.165) is 25.0 Å².